The first-order chi connectivity index (χ1) is 33.4. The summed E-state index contributed by atoms with van der Waals surface area (Å²) in [5.74, 6) is -3.61. The van der Waals surface area contributed by atoms with Gasteiger partial charge in [0.05, 0.1) is 46.8 Å². The van der Waals surface area contributed by atoms with Gasteiger partial charge in [-0.2, -0.15) is 0 Å². The Morgan fingerprint density at radius 1 is 0.380 bits per heavy atom. The molecule has 20 heteroatoms. The van der Waals surface area contributed by atoms with E-state index in [0.29, 0.717) is 12.8 Å². The van der Waals surface area contributed by atoms with E-state index in [9.17, 15) is 38.4 Å². The fourth-order valence-electron chi connectivity index (χ4n) is 6.53. The van der Waals surface area contributed by atoms with Gasteiger partial charge in [0.15, 0.2) is 0 Å². The fraction of sp³-hybridized carbons (Fsp3) is 0.843. The lowest BCUT2D eigenvalue weighted by atomic mass is 10.0. The number of nitrogens with one attached hydrogen (secondary N) is 4. The first-order valence-corrected chi connectivity index (χ1v) is 25.6. The van der Waals surface area contributed by atoms with E-state index in [1.54, 1.807) is 41.5 Å². The molecule has 0 bridgehead atoms. The monoisotopic (exact) mass is 1020 g/mol. The zero-order valence-corrected chi connectivity index (χ0v) is 45.0. The van der Waals surface area contributed by atoms with Crippen LogP contribution in [0, 0.1) is 0 Å². The number of rotatable bonds is 41. The molecule has 0 aromatic rings. The summed E-state index contributed by atoms with van der Waals surface area (Å²) in [4.78, 5) is 99.9. The molecule has 0 spiro atoms. The largest absolute Gasteiger partial charge is 0.467 e. The minimum Gasteiger partial charge on any atom is -0.467 e. The molecule has 0 radical (unpaired) electrons. The maximum absolute atomic E-state index is 13.2. The molecule has 0 aliphatic heterocycles. The second-order valence-corrected chi connectivity index (χ2v) is 20.3. The van der Waals surface area contributed by atoms with E-state index in [1.807, 2.05) is 20.8 Å². The van der Waals surface area contributed by atoms with Crippen LogP contribution in [-0.4, -0.2) is 149 Å². The Balaban J connectivity index is 4.64. The molecule has 0 fully saturated rings. The molecule has 0 aromatic heterocycles. The highest BCUT2D eigenvalue weighted by molar-refractivity contribution is 5.87. The molecular formula is C51H92N4O16. The van der Waals surface area contributed by atoms with Gasteiger partial charge < -0.3 is 59.2 Å². The molecule has 0 heterocycles. The summed E-state index contributed by atoms with van der Waals surface area (Å²) in [6.45, 7) is 17.1. The lowest BCUT2D eigenvalue weighted by Gasteiger charge is -2.26. The van der Waals surface area contributed by atoms with Crippen molar-refractivity contribution in [2.75, 3.05) is 73.1 Å². The predicted molar refractivity (Wildman–Crippen MR) is 266 cm³/mol. The molecule has 0 aliphatic rings. The first kappa shape index (κ1) is 66.6. The van der Waals surface area contributed by atoms with Crippen LogP contribution >= 0.6 is 0 Å². The van der Waals surface area contributed by atoms with Crippen molar-refractivity contribution >= 4 is 47.5 Å². The lowest BCUT2D eigenvalue weighted by molar-refractivity contribution is -0.160. The highest BCUT2D eigenvalue weighted by Gasteiger charge is 2.30. The third-order valence-electron chi connectivity index (χ3n) is 9.89. The lowest BCUT2D eigenvalue weighted by Crippen LogP contribution is -2.47. The van der Waals surface area contributed by atoms with E-state index < -0.39 is 52.7 Å². The van der Waals surface area contributed by atoms with Gasteiger partial charge in [0.25, 0.3) is 0 Å². The third kappa shape index (κ3) is 44.1. The van der Waals surface area contributed by atoms with Crippen LogP contribution in [0.1, 0.15) is 178 Å². The zero-order valence-electron chi connectivity index (χ0n) is 45.0. The summed E-state index contributed by atoms with van der Waals surface area (Å²) in [6.07, 6.45) is 12.7. The van der Waals surface area contributed by atoms with Crippen molar-refractivity contribution in [3.05, 3.63) is 0 Å². The molecule has 20 nitrogen and oxygen atoms in total. The maximum Gasteiger partial charge on any atom is 0.331 e. The highest BCUT2D eigenvalue weighted by atomic mass is 16.6. The minimum atomic E-state index is -1.16. The molecule has 2 atom stereocenters. The van der Waals surface area contributed by atoms with Crippen LogP contribution in [0.2, 0.25) is 0 Å². The standard InChI is InChI=1S/C51H92N4O16/c1-49(2,3)69-45(60)24-22-20-18-16-14-12-11-13-15-17-19-21-23-42(57)54-40(48(63)71-51(7,8)9)26-28-43(58)55-39(47(62)70-50(4,5)6)25-27-41(56)52-29-31-65-33-35-67-37-44(59)53-30-32-66-34-36-68-38-46(61)64-10/h39-40H,11-38H2,1-10H3,(H,52,56)(H,53,59)(H,54,57)(H,55,58). The van der Waals surface area contributed by atoms with Crippen molar-refractivity contribution in [2.24, 2.45) is 0 Å². The molecule has 71 heavy (non-hydrogen) atoms. The molecule has 0 aliphatic carbocycles. The van der Waals surface area contributed by atoms with E-state index in [2.05, 4.69) is 26.0 Å². The minimum absolute atomic E-state index is 0.0625. The van der Waals surface area contributed by atoms with Crippen molar-refractivity contribution in [2.45, 2.75) is 207 Å². The Morgan fingerprint density at radius 2 is 0.746 bits per heavy atom. The van der Waals surface area contributed by atoms with E-state index >= 15 is 0 Å². The number of unbranched alkanes of at least 4 members (excludes halogenated alkanes) is 11. The summed E-state index contributed by atoms with van der Waals surface area (Å²) >= 11 is 0. The average molecular weight is 1020 g/mol. The van der Waals surface area contributed by atoms with E-state index in [-0.39, 0.29) is 122 Å². The number of hydrogen-bond donors (Lipinski definition) is 4. The smallest absolute Gasteiger partial charge is 0.331 e. The van der Waals surface area contributed by atoms with Gasteiger partial charge >= 0.3 is 23.9 Å². The molecule has 0 saturated heterocycles. The number of ether oxygens (including phenoxy) is 8. The summed E-state index contributed by atoms with van der Waals surface area (Å²) in [7, 11) is 1.27. The van der Waals surface area contributed by atoms with Crippen molar-refractivity contribution in [3.63, 3.8) is 0 Å². The van der Waals surface area contributed by atoms with Gasteiger partial charge in [-0.05, 0) is 88.0 Å². The Hall–Kier alpha value is -4.40. The molecule has 412 valence electrons. The maximum atomic E-state index is 13.2. The molecule has 0 aromatic carbocycles. The van der Waals surface area contributed by atoms with Crippen LogP contribution in [0.5, 0.6) is 0 Å². The number of esters is 4. The number of methoxy groups -OCH3 is 1. The van der Waals surface area contributed by atoms with E-state index in [4.69, 9.17) is 33.2 Å². The Labute approximate surface area is 423 Å². The first-order valence-electron chi connectivity index (χ1n) is 25.6. The number of amides is 4. The van der Waals surface area contributed by atoms with Gasteiger partial charge in [-0.1, -0.05) is 64.2 Å². The zero-order chi connectivity index (χ0) is 53.6. The highest BCUT2D eigenvalue weighted by Crippen LogP contribution is 2.16. The normalized spacial score (nSPS) is 12.5. The summed E-state index contributed by atoms with van der Waals surface area (Å²) in [6, 6.07) is -2.25. The molecule has 0 saturated carbocycles. The Kier molecular flexibility index (Phi) is 36.7. The second kappa shape index (κ2) is 39.2. The van der Waals surface area contributed by atoms with E-state index in [0.717, 1.165) is 51.4 Å². The van der Waals surface area contributed by atoms with Gasteiger partial charge in [0.2, 0.25) is 23.6 Å². The van der Waals surface area contributed by atoms with Crippen molar-refractivity contribution in [1.82, 2.24) is 21.3 Å². The van der Waals surface area contributed by atoms with Gasteiger partial charge in [-0.15, -0.1) is 0 Å². The summed E-state index contributed by atoms with van der Waals surface area (Å²) < 4.78 is 42.0. The van der Waals surface area contributed by atoms with E-state index in [1.165, 1.54) is 26.4 Å². The van der Waals surface area contributed by atoms with Gasteiger partial charge in [0.1, 0.15) is 42.1 Å². The average Bonchev–Trinajstić information content (AvgIpc) is 3.26. The van der Waals surface area contributed by atoms with Crippen LogP contribution in [0.15, 0.2) is 0 Å². The molecular weight excluding hydrogens is 925 g/mol. The third-order valence-corrected chi connectivity index (χ3v) is 9.89. The van der Waals surface area contributed by atoms with Crippen LogP contribution in [-0.2, 0) is 76.3 Å². The number of hydrogen-bond acceptors (Lipinski definition) is 16. The van der Waals surface area contributed by atoms with Crippen LogP contribution in [0.4, 0.5) is 0 Å². The Morgan fingerprint density at radius 3 is 1.18 bits per heavy atom. The summed E-state index contributed by atoms with van der Waals surface area (Å²) in [5, 5.41) is 10.7. The van der Waals surface area contributed by atoms with Crippen molar-refractivity contribution in [1.29, 1.82) is 0 Å². The van der Waals surface area contributed by atoms with Crippen molar-refractivity contribution in [3.8, 4) is 0 Å². The van der Waals surface area contributed by atoms with Crippen LogP contribution in [0.25, 0.3) is 0 Å². The molecule has 4 amide bonds. The van der Waals surface area contributed by atoms with Crippen molar-refractivity contribution < 1.29 is 76.3 Å². The predicted octanol–water partition coefficient (Wildman–Crippen LogP) is 5.47. The summed E-state index contributed by atoms with van der Waals surface area (Å²) in [5.41, 5.74) is -2.14. The number of carbonyl (C=O) groups is 8. The molecule has 2 unspecified atom stereocenters. The number of carbonyl (C=O) groups excluding carboxylic acids is 8. The van der Waals surface area contributed by atoms with Gasteiger partial charge in [-0.3, -0.25) is 24.0 Å². The SMILES string of the molecule is COC(=O)COCCOCCNC(=O)COCCOCCNC(=O)CCC(NC(=O)CCC(NC(=O)CCCCCCCCCCCCCCC(=O)OC(C)(C)C)C(=O)OC(C)(C)C)C(=O)OC(C)(C)C. The Bertz CT molecular complexity index is 1540. The molecule has 4 N–H and O–H groups in total. The molecule has 0 rings (SSSR count). The fourth-order valence-corrected chi connectivity index (χ4v) is 6.53. The van der Waals surface area contributed by atoms with Crippen LogP contribution < -0.4 is 21.3 Å². The van der Waals surface area contributed by atoms with Gasteiger partial charge in [0, 0.05) is 38.8 Å². The van der Waals surface area contributed by atoms with Gasteiger partial charge in [-0.25, -0.2) is 14.4 Å². The second-order valence-electron chi connectivity index (χ2n) is 20.3. The topological polar surface area (TPSA) is 259 Å². The van der Waals surface area contributed by atoms with Crippen LogP contribution in [0.3, 0.4) is 0 Å². The quantitative estimate of drug-likeness (QED) is 0.0336.